The molecule has 0 radical (unpaired) electrons. The van der Waals surface area contributed by atoms with Gasteiger partial charge in [-0.3, -0.25) is 4.79 Å². The number of hydrogen-bond acceptors (Lipinski definition) is 4. The van der Waals surface area contributed by atoms with Gasteiger partial charge in [0.15, 0.2) is 0 Å². The summed E-state index contributed by atoms with van der Waals surface area (Å²) < 4.78 is 12.3. The minimum atomic E-state index is -0.306. The molecule has 0 unspecified atom stereocenters. The first-order chi connectivity index (χ1) is 19.2. The van der Waals surface area contributed by atoms with Crippen molar-refractivity contribution in [3.63, 3.8) is 0 Å². The molecule has 2 aromatic rings. The van der Waals surface area contributed by atoms with Gasteiger partial charge in [-0.15, -0.1) is 0 Å². The summed E-state index contributed by atoms with van der Waals surface area (Å²) in [5, 5.41) is 0.994. The molecule has 7 heteroatoms. The molecule has 2 aliphatic carbocycles. The Kier molecular flexibility index (Phi) is 9.06. The van der Waals surface area contributed by atoms with E-state index in [9.17, 15) is 4.79 Å². The van der Waals surface area contributed by atoms with Gasteiger partial charge in [0.2, 0.25) is 5.91 Å². The summed E-state index contributed by atoms with van der Waals surface area (Å²) in [6, 6.07) is 14.2. The molecule has 2 aromatic carbocycles. The fourth-order valence-electron chi connectivity index (χ4n) is 7.35. The molecule has 1 amide bonds. The second-order valence-electron chi connectivity index (χ2n) is 12.7. The molecule has 5 nitrogen and oxygen atoms in total. The molecule has 40 heavy (non-hydrogen) atoms. The highest BCUT2D eigenvalue weighted by Crippen LogP contribution is 2.55. The second kappa shape index (κ2) is 12.2. The van der Waals surface area contributed by atoms with Crippen LogP contribution in [0.2, 0.25) is 10.0 Å². The fraction of sp³-hybridized carbons (Fsp3) is 0.606. The average molecular weight is 588 g/mol. The number of halogens is 2. The number of carbonyl (C=O) groups is 1. The van der Waals surface area contributed by atoms with E-state index in [0.717, 1.165) is 62.5 Å². The van der Waals surface area contributed by atoms with Gasteiger partial charge in [-0.05, 0) is 92.3 Å². The lowest BCUT2D eigenvalue weighted by Crippen LogP contribution is -2.68. The molecule has 1 aliphatic heterocycles. The normalized spacial score (nSPS) is 26.9. The molecule has 5 rings (SSSR count). The largest absolute Gasteiger partial charge is 0.497 e. The van der Waals surface area contributed by atoms with Crippen molar-refractivity contribution in [2.24, 2.45) is 11.8 Å². The fourth-order valence-corrected chi connectivity index (χ4v) is 7.67. The number of amides is 1. The van der Waals surface area contributed by atoms with E-state index in [0.29, 0.717) is 22.4 Å². The number of fused-ring (bicyclic) bond motifs is 1. The molecule has 1 saturated heterocycles. The van der Waals surface area contributed by atoms with Crippen LogP contribution in [0, 0.1) is 11.8 Å². The zero-order valence-electron chi connectivity index (χ0n) is 24.4. The Morgan fingerprint density at radius 2 is 1.88 bits per heavy atom. The summed E-state index contributed by atoms with van der Waals surface area (Å²) in [5.74, 6) is 2.22. The van der Waals surface area contributed by atoms with Gasteiger partial charge in [-0.1, -0.05) is 55.2 Å². The van der Waals surface area contributed by atoms with Crippen molar-refractivity contribution in [1.29, 1.82) is 0 Å². The van der Waals surface area contributed by atoms with Crippen LogP contribution in [-0.2, 0) is 21.4 Å². The maximum atomic E-state index is 14.0. The van der Waals surface area contributed by atoms with Crippen molar-refractivity contribution < 1.29 is 14.3 Å². The highest BCUT2D eigenvalue weighted by Gasteiger charge is 2.60. The molecule has 0 N–H and O–H groups in total. The van der Waals surface area contributed by atoms with Crippen molar-refractivity contribution in [3.05, 3.63) is 63.6 Å². The van der Waals surface area contributed by atoms with E-state index in [1.165, 1.54) is 24.9 Å². The third-order valence-electron chi connectivity index (χ3n) is 9.56. The lowest BCUT2D eigenvalue weighted by molar-refractivity contribution is -0.162. The number of methoxy groups -OCH3 is 2. The lowest BCUT2D eigenvalue weighted by Gasteiger charge is -2.61. The van der Waals surface area contributed by atoms with Crippen LogP contribution in [-0.4, -0.2) is 67.7 Å². The molecule has 1 heterocycles. The first-order valence-corrected chi connectivity index (χ1v) is 15.6. The zero-order chi connectivity index (χ0) is 28.5. The van der Waals surface area contributed by atoms with Gasteiger partial charge in [0.1, 0.15) is 5.75 Å². The maximum absolute atomic E-state index is 14.0. The van der Waals surface area contributed by atoms with Crippen molar-refractivity contribution in [1.82, 2.24) is 9.80 Å². The Bertz CT molecular complexity index is 1200. The molecular formula is C33H44Cl2N2O3. The highest BCUT2D eigenvalue weighted by molar-refractivity contribution is 6.42. The van der Waals surface area contributed by atoms with Gasteiger partial charge >= 0.3 is 0 Å². The number of piperidine rings is 1. The number of nitrogens with zero attached hydrogens (tertiary/aromatic N) is 2. The molecular weight excluding hydrogens is 543 g/mol. The third-order valence-corrected chi connectivity index (χ3v) is 10.3. The number of hydrogen-bond donors (Lipinski definition) is 0. The maximum Gasteiger partial charge on any atom is 0.227 e. The number of ether oxygens (including phenoxy) is 2. The molecule has 3 atom stereocenters. The Hall–Kier alpha value is -1.79. The Balaban J connectivity index is 1.48. The molecule has 0 bridgehead atoms. The van der Waals surface area contributed by atoms with Crippen LogP contribution in [0.1, 0.15) is 63.5 Å². The summed E-state index contributed by atoms with van der Waals surface area (Å²) >= 11 is 12.4. The van der Waals surface area contributed by atoms with E-state index < -0.39 is 0 Å². The number of carbonyl (C=O) groups excluding carboxylic acids is 1. The minimum absolute atomic E-state index is 0.127. The van der Waals surface area contributed by atoms with E-state index in [-0.39, 0.29) is 23.0 Å². The predicted molar refractivity (Wildman–Crippen MR) is 163 cm³/mol. The van der Waals surface area contributed by atoms with Gasteiger partial charge in [0.05, 0.1) is 29.2 Å². The summed E-state index contributed by atoms with van der Waals surface area (Å²) in [5.41, 5.74) is 1.65. The van der Waals surface area contributed by atoms with Crippen LogP contribution in [0.15, 0.2) is 42.5 Å². The van der Waals surface area contributed by atoms with Gasteiger partial charge < -0.3 is 19.3 Å². The summed E-state index contributed by atoms with van der Waals surface area (Å²) in [7, 11) is 3.63. The van der Waals surface area contributed by atoms with Crippen molar-refractivity contribution >= 4 is 29.1 Å². The van der Waals surface area contributed by atoms with E-state index in [1.54, 1.807) is 13.2 Å². The smallest absolute Gasteiger partial charge is 0.227 e. The second-order valence-corrected chi connectivity index (χ2v) is 13.5. The van der Waals surface area contributed by atoms with E-state index >= 15 is 0 Å². The average Bonchev–Trinajstić information content (AvgIpc) is 3.77. The quantitative estimate of drug-likeness (QED) is 0.300. The standard InChI is InChI=1S/C33H44Cl2N2O3/c1-23(2)20-37(31(38)17-25-10-11-29(34)30(35)16-25)27-12-13-33(40-4)22-36(21-24-8-9-24)15-14-32(33,19-27)26-6-5-7-28(18-26)39-3/h5-7,10-11,16,18,23-24,27H,8-9,12-15,17,19-22H2,1-4H3/t27-,32+,33+/m1/s1. The van der Waals surface area contributed by atoms with E-state index in [2.05, 4.69) is 41.8 Å². The molecule has 218 valence electrons. The van der Waals surface area contributed by atoms with Gasteiger partial charge in [-0.2, -0.15) is 0 Å². The molecule has 3 aliphatic rings. The molecule has 0 spiro atoms. The van der Waals surface area contributed by atoms with Crippen LogP contribution in [0.5, 0.6) is 5.75 Å². The van der Waals surface area contributed by atoms with E-state index in [4.69, 9.17) is 32.7 Å². The Morgan fingerprint density at radius 1 is 1.07 bits per heavy atom. The predicted octanol–water partition coefficient (Wildman–Crippen LogP) is 7.02. The molecule has 2 saturated carbocycles. The first kappa shape index (κ1) is 29.7. The SMILES string of the molecule is COc1cccc([C@@]23CCN(CC4CC4)C[C@@]2(OC)CC[C@@H](N(CC(C)C)C(=O)Cc2ccc(Cl)c(Cl)c2)C3)c1. The van der Waals surface area contributed by atoms with E-state index in [1.807, 2.05) is 25.3 Å². The zero-order valence-corrected chi connectivity index (χ0v) is 25.9. The van der Waals surface area contributed by atoms with Gasteiger partial charge in [-0.25, -0.2) is 0 Å². The van der Waals surface area contributed by atoms with Crippen LogP contribution in [0.4, 0.5) is 0 Å². The lowest BCUT2D eigenvalue weighted by atomic mass is 9.55. The molecule has 0 aromatic heterocycles. The first-order valence-electron chi connectivity index (χ1n) is 14.8. The number of likely N-dealkylation sites (tertiary alicyclic amines) is 1. The van der Waals surface area contributed by atoms with Crippen LogP contribution in [0.3, 0.4) is 0 Å². The number of benzene rings is 2. The Labute approximate surface area is 250 Å². The van der Waals surface area contributed by atoms with Crippen molar-refractivity contribution in [2.45, 2.75) is 75.9 Å². The third kappa shape index (κ3) is 6.04. The van der Waals surface area contributed by atoms with Gasteiger partial charge in [0.25, 0.3) is 0 Å². The monoisotopic (exact) mass is 586 g/mol. The van der Waals surface area contributed by atoms with Crippen molar-refractivity contribution in [2.75, 3.05) is 40.4 Å². The molecule has 3 fully saturated rings. The summed E-state index contributed by atoms with van der Waals surface area (Å²) in [4.78, 5) is 18.8. The Morgan fingerprint density at radius 3 is 2.55 bits per heavy atom. The highest BCUT2D eigenvalue weighted by atomic mass is 35.5. The summed E-state index contributed by atoms with van der Waals surface area (Å²) in [6.07, 6.45) is 6.75. The van der Waals surface area contributed by atoms with Gasteiger partial charge in [0, 0.05) is 38.2 Å². The summed E-state index contributed by atoms with van der Waals surface area (Å²) in [6.45, 7) is 8.27. The van der Waals surface area contributed by atoms with Crippen LogP contribution >= 0.6 is 23.2 Å². The number of rotatable bonds is 10. The van der Waals surface area contributed by atoms with Crippen LogP contribution in [0.25, 0.3) is 0 Å². The van der Waals surface area contributed by atoms with Crippen molar-refractivity contribution in [3.8, 4) is 5.75 Å². The minimum Gasteiger partial charge on any atom is -0.497 e. The topological polar surface area (TPSA) is 42.0 Å². The van der Waals surface area contributed by atoms with Crippen LogP contribution < -0.4 is 4.74 Å².